The summed E-state index contributed by atoms with van der Waals surface area (Å²) in [6.07, 6.45) is 12.6. The molecule has 2 N–H and O–H groups in total. The Kier molecular flexibility index (Phi) is 4.13. The molecular formula is C21H23N3O3. The number of hydrogen-bond acceptors (Lipinski definition) is 5. The van der Waals surface area contributed by atoms with Crippen LogP contribution in [0.4, 0.5) is 0 Å². The summed E-state index contributed by atoms with van der Waals surface area (Å²) in [5.74, 6) is 2.49. The van der Waals surface area contributed by atoms with Crippen molar-refractivity contribution >= 4 is 11.5 Å². The second-order valence-electron chi connectivity index (χ2n) is 7.25. The first-order chi connectivity index (χ1) is 13.3. The predicted octanol–water partition coefficient (Wildman–Crippen LogP) is 3.12. The molecule has 0 bridgehead atoms. The minimum atomic E-state index is -0.161. The number of amidine groups is 1. The molecule has 0 spiro atoms. The van der Waals surface area contributed by atoms with Crippen molar-refractivity contribution in [3.63, 3.8) is 0 Å². The summed E-state index contributed by atoms with van der Waals surface area (Å²) >= 11 is 0. The van der Waals surface area contributed by atoms with Gasteiger partial charge in [-0.3, -0.25) is 4.99 Å². The van der Waals surface area contributed by atoms with Gasteiger partial charge in [0.25, 0.3) is 0 Å². The molecule has 0 aromatic heterocycles. The summed E-state index contributed by atoms with van der Waals surface area (Å²) in [5.41, 5.74) is 3.30. The van der Waals surface area contributed by atoms with E-state index in [0.29, 0.717) is 0 Å². The topological polar surface area (TPSA) is 66.3 Å². The van der Waals surface area contributed by atoms with E-state index in [9.17, 15) is 5.11 Å². The summed E-state index contributed by atoms with van der Waals surface area (Å²) in [5, 5.41) is 13.0. The van der Waals surface area contributed by atoms with Crippen molar-refractivity contribution < 1.29 is 14.6 Å². The zero-order valence-electron chi connectivity index (χ0n) is 15.1. The van der Waals surface area contributed by atoms with E-state index in [1.165, 1.54) is 0 Å². The number of rotatable bonds is 2. The molecule has 5 rings (SSSR count). The number of ether oxygens (including phenoxy) is 2. The number of aliphatic imine (C=N–C) groups is 1. The van der Waals surface area contributed by atoms with Crippen LogP contribution in [-0.2, 0) is 0 Å². The van der Waals surface area contributed by atoms with E-state index < -0.39 is 0 Å². The monoisotopic (exact) mass is 365 g/mol. The Hall–Kier alpha value is -2.73. The first-order valence-corrected chi connectivity index (χ1v) is 9.57. The third-order valence-electron chi connectivity index (χ3n) is 5.47. The zero-order chi connectivity index (χ0) is 18.2. The van der Waals surface area contributed by atoms with Crippen LogP contribution in [0.15, 0.2) is 53.4 Å². The molecule has 0 saturated heterocycles. The van der Waals surface area contributed by atoms with E-state index in [1.807, 2.05) is 24.5 Å². The van der Waals surface area contributed by atoms with Crippen LogP contribution in [-0.4, -0.2) is 34.8 Å². The number of nitrogens with zero attached hydrogens (tertiary/aromatic N) is 2. The molecule has 1 aromatic carbocycles. The fourth-order valence-electron chi connectivity index (χ4n) is 4.03. The second-order valence-corrected chi connectivity index (χ2v) is 7.25. The largest absolute Gasteiger partial charge is 0.454 e. The minimum Gasteiger partial charge on any atom is -0.454 e. The van der Waals surface area contributed by atoms with Gasteiger partial charge in [0, 0.05) is 23.7 Å². The smallest absolute Gasteiger partial charge is 0.231 e. The van der Waals surface area contributed by atoms with Crippen molar-refractivity contribution in [2.24, 2.45) is 4.99 Å². The Balaban J connectivity index is 1.41. The summed E-state index contributed by atoms with van der Waals surface area (Å²) in [6, 6.07) is 6.33. The average molecular weight is 365 g/mol. The molecule has 1 fully saturated rings. The molecular weight excluding hydrogens is 342 g/mol. The van der Waals surface area contributed by atoms with Gasteiger partial charge in [0.1, 0.15) is 5.84 Å². The highest BCUT2D eigenvalue weighted by Gasteiger charge is 2.27. The van der Waals surface area contributed by atoms with Gasteiger partial charge in [-0.15, -0.1) is 0 Å². The van der Waals surface area contributed by atoms with Gasteiger partial charge in [-0.2, -0.15) is 0 Å². The van der Waals surface area contributed by atoms with E-state index in [0.717, 1.165) is 66.4 Å². The van der Waals surface area contributed by atoms with Crippen LogP contribution in [0.5, 0.6) is 11.5 Å². The summed E-state index contributed by atoms with van der Waals surface area (Å²) in [7, 11) is 0. The van der Waals surface area contributed by atoms with Crippen LogP contribution in [0.3, 0.4) is 0 Å². The van der Waals surface area contributed by atoms with Crippen LogP contribution in [0, 0.1) is 0 Å². The number of benzene rings is 1. The van der Waals surface area contributed by atoms with Gasteiger partial charge in [-0.25, -0.2) is 0 Å². The van der Waals surface area contributed by atoms with E-state index in [-0.39, 0.29) is 18.9 Å². The van der Waals surface area contributed by atoms with Crippen LogP contribution >= 0.6 is 0 Å². The number of hydrogen-bond donors (Lipinski definition) is 2. The van der Waals surface area contributed by atoms with Gasteiger partial charge in [0.05, 0.1) is 17.8 Å². The standard InChI is InChI=1S/C21H23N3O3/c25-16-7-5-15(6-8-16)23-21-18-3-1-2-17(24(18)11-10-22-21)14-4-9-19-20(12-14)27-13-26-19/h2-4,9-12,15-16,25H,1,5-8,13H2,(H,22,23). The fraction of sp³-hybridized carbons (Fsp3) is 0.381. The Morgan fingerprint density at radius 2 is 1.85 bits per heavy atom. The van der Waals surface area contributed by atoms with Crippen LogP contribution < -0.4 is 14.8 Å². The molecule has 4 aliphatic rings. The van der Waals surface area contributed by atoms with E-state index in [4.69, 9.17) is 14.5 Å². The molecule has 3 heterocycles. The highest BCUT2D eigenvalue weighted by Crippen LogP contribution is 2.38. The number of allylic oxidation sites excluding steroid dienone is 2. The Morgan fingerprint density at radius 1 is 1.04 bits per heavy atom. The van der Waals surface area contributed by atoms with Gasteiger partial charge in [0.2, 0.25) is 6.79 Å². The molecule has 1 saturated carbocycles. The normalized spacial score (nSPS) is 27.7. The third kappa shape index (κ3) is 3.10. The highest BCUT2D eigenvalue weighted by atomic mass is 16.7. The van der Waals surface area contributed by atoms with Gasteiger partial charge in [0.15, 0.2) is 11.5 Å². The molecule has 3 aliphatic heterocycles. The van der Waals surface area contributed by atoms with E-state index >= 15 is 0 Å². The van der Waals surface area contributed by atoms with E-state index in [2.05, 4.69) is 28.4 Å². The fourth-order valence-corrected chi connectivity index (χ4v) is 4.03. The summed E-state index contributed by atoms with van der Waals surface area (Å²) in [6.45, 7) is 0.281. The lowest BCUT2D eigenvalue weighted by atomic mass is 9.93. The maximum absolute atomic E-state index is 9.73. The van der Waals surface area contributed by atoms with Crippen molar-refractivity contribution in [2.75, 3.05) is 6.79 Å². The molecule has 0 unspecified atom stereocenters. The van der Waals surface area contributed by atoms with Crippen LogP contribution in [0.2, 0.25) is 0 Å². The van der Waals surface area contributed by atoms with Gasteiger partial charge in [-0.05, 0) is 50.3 Å². The third-order valence-corrected chi connectivity index (χ3v) is 5.47. The van der Waals surface area contributed by atoms with Gasteiger partial charge in [-0.1, -0.05) is 12.2 Å². The number of aliphatic hydroxyl groups excluding tert-OH is 1. The van der Waals surface area contributed by atoms with Crippen molar-refractivity contribution in [3.8, 4) is 11.5 Å². The number of nitrogens with one attached hydrogen (secondary N) is 1. The maximum Gasteiger partial charge on any atom is 0.231 e. The van der Waals surface area contributed by atoms with Gasteiger partial charge >= 0.3 is 0 Å². The Morgan fingerprint density at radius 3 is 2.74 bits per heavy atom. The van der Waals surface area contributed by atoms with Crippen molar-refractivity contribution in [2.45, 2.75) is 44.2 Å². The van der Waals surface area contributed by atoms with Crippen molar-refractivity contribution in [1.29, 1.82) is 0 Å². The molecule has 0 amide bonds. The SMILES string of the molecule is OC1CCC(N=C2NC=CN3C2=CCC=C3c2ccc3c(c2)OCO3)CC1. The zero-order valence-corrected chi connectivity index (χ0v) is 15.1. The lowest BCUT2D eigenvalue weighted by Gasteiger charge is -2.34. The molecule has 0 radical (unpaired) electrons. The van der Waals surface area contributed by atoms with Gasteiger partial charge < -0.3 is 24.8 Å². The van der Waals surface area contributed by atoms with Crippen molar-refractivity contribution in [3.05, 3.63) is 54.0 Å². The molecule has 6 heteroatoms. The van der Waals surface area contributed by atoms with E-state index in [1.54, 1.807) is 0 Å². The van der Waals surface area contributed by atoms with Crippen molar-refractivity contribution in [1.82, 2.24) is 10.2 Å². The average Bonchev–Trinajstić information content (AvgIpc) is 3.17. The number of aliphatic hydroxyl groups is 1. The molecule has 140 valence electrons. The Labute approximate surface area is 158 Å². The molecule has 6 nitrogen and oxygen atoms in total. The van der Waals surface area contributed by atoms with Crippen LogP contribution in [0.1, 0.15) is 37.7 Å². The first kappa shape index (κ1) is 16.4. The molecule has 1 aliphatic carbocycles. The number of fused-ring (bicyclic) bond motifs is 2. The summed E-state index contributed by atoms with van der Waals surface area (Å²) in [4.78, 5) is 7.14. The minimum absolute atomic E-state index is 0.161. The first-order valence-electron chi connectivity index (χ1n) is 9.57. The van der Waals surface area contributed by atoms with Crippen LogP contribution in [0.25, 0.3) is 5.70 Å². The second kappa shape index (κ2) is 6.78. The maximum atomic E-state index is 9.73. The molecule has 0 atom stereocenters. The predicted molar refractivity (Wildman–Crippen MR) is 103 cm³/mol. The highest BCUT2D eigenvalue weighted by molar-refractivity contribution is 6.01. The quantitative estimate of drug-likeness (QED) is 0.843. The Bertz CT molecular complexity index is 863. The lowest BCUT2D eigenvalue weighted by Crippen LogP contribution is -2.36. The molecule has 27 heavy (non-hydrogen) atoms. The summed E-state index contributed by atoms with van der Waals surface area (Å²) < 4.78 is 11.0. The molecule has 1 aromatic rings. The lowest BCUT2D eigenvalue weighted by molar-refractivity contribution is 0.123.